The van der Waals surface area contributed by atoms with Crippen LogP contribution in [0.3, 0.4) is 0 Å². The van der Waals surface area contributed by atoms with Gasteiger partial charge in [0.2, 0.25) is 0 Å². The zero-order valence-corrected chi connectivity index (χ0v) is 22.5. The van der Waals surface area contributed by atoms with E-state index in [4.69, 9.17) is 4.74 Å². The van der Waals surface area contributed by atoms with E-state index in [0.717, 1.165) is 29.4 Å². The summed E-state index contributed by atoms with van der Waals surface area (Å²) in [5, 5.41) is 4.04. The van der Waals surface area contributed by atoms with Crippen LogP contribution in [0.15, 0.2) is 36.5 Å². The molecule has 196 valence electrons. The van der Waals surface area contributed by atoms with Gasteiger partial charge in [-0.3, -0.25) is 9.78 Å². The number of benzene rings is 1. The van der Waals surface area contributed by atoms with Gasteiger partial charge in [0.25, 0.3) is 5.91 Å². The summed E-state index contributed by atoms with van der Waals surface area (Å²) in [6.45, 7) is 2.28. The molecule has 2 aromatic rings. The first-order valence-electron chi connectivity index (χ1n) is 14.4. The second-order valence-corrected chi connectivity index (χ2v) is 10.0. The van der Waals surface area contributed by atoms with E-state index in [1.54, 1.807) is 13.3 Å². The first kappa shape index (κ1) is 29.3. The number of aromatic nitrogens is 1. The van der Waals surface area contributed by atoms with Crippen LogP contribution in [0.1, 0.15) is 122 Å². The van der Waals surface area contributed by atoms with Crippen molar-refractivity contribution in [1.82, 2.24) is 4.98 Å². The maximum absolute atomic E-state index is 12.7. The van der Waals surface area contributed by atoms with Crippen molar-refractivity contribution in [3.63, 3.8) is 0 Å². The van der Waals surface area contributed by atoms with Crippen molar-refractivity contribution in [2.45, 2.75) is 129 Å². The molecule has 1 amide bonds. The molecule has 1 atom stereocenters. The summed E-state index contributed by atoms with van der Waals surface area (Å²) < 4.78 is 5.49. The molecule has 0 spiro atoms. The number of rotatable bonds is 21. The van der Waals surface area contributed by atoms with Crippen molar-refractivity contribution in [3.8, 4) is 0 Å². The molecule has 0 aliphatic rings. The van der Waals surface area contributed by atoms with E-state index >= 15 is 0 Å². The molecule has 0 saturated carbocycles. The van der Waals surface area contributed by atoms with Crippen molar-refractivity contribution in [3.05, 3.63) is 36.5 Å². The summed E-state index contributed by atoms with van der Waals surface area (Å²) in [5.41, 5.74) is 1.56. The molecule has 1 aromatic carbocycles. The van der Waals surface area contributed by atoms with Gasteiger partial charge in [0.05, 0.1) is 11.2 Å². The van der Waals surface area contributed by atoms with Crippen LogP contribution in [0.5, 0.6) is 0 Å². The van der Waals surface area contributed by atoms with Gasteiger partial charge in [-0.15, -0.1) is 0 Å². The van der Waals surface area contributed by atoms with E-state index in [9.17, 15) is 4.79 Å². The predicted molar refractivity (Wildman–Crippen MR) is 150 cm³/mol. The number of nitrogens with one attached hydrogen (secondary N) is 1. The number of fused-ring (bicyclic) bond motifs is 1. The molecule has 1 N–H and O–H groups in total. The SMILES string of the molecule is CCCCCCCCCCCCCCCCCCC[C@H](OC)C(=O)Nc1cccc2cccnc12. The standard InChI is InChI=1S/C31H50N2O2/c1-3-4-5-6-7-8-9-10-11-12-13-14-15-16-17-18-19-25-29(35-2)31(34)33-28-24-20-22-27-23-21-26-32-30(27)28/h20-24,26,29H,3-19,25H2,1-2H3,(H,33,34)/t29-/m0/s1. The minimum Gasteiger partial charge on any atom is -0.372 e. The van der Waals surface area contributed by atoms with Crippen LogP contribution in [-0.2, 0) is 9.53 Å². The monoisotopic (exact) mass is 482 g/mol. The second kappa shape index (κ2) is 19.3. The normalized spacial score (nSPS) is 12.2. The van der Waals surface area contributed by atoms with E-state index in [0.29, 0.717) is 0 Å². The third-order valence-electron chi connectivity index (χ3n) is 7.04. The second-order valence-electron chi connectivity index (χ2n) is 10.0. The Bertz CT molecular complexity index is 802. The molecule has 0 aliphatic heterocycles. The number of hydrogen-bond donors (Lipinski definition) is 1. The number of anilines is 1. The number of nitrogens with zero attached hydrogens (tertiary/aromatic N) is 1. The summed E-state index contributed by atoms with van der Waals surface area (Å²) in [5.74, 6) is -0.0813. The van der Waals surface area contributed by atoms with Crippen LogP contribution in [-0.4, -0.2) is 24.1 Å². The first-order chi connectivity index (χ1) is 17.3. The van der Waals surface area contributed by atoms with E-state index in [1.165, 1.54) is 103 Å². The van der Waals surface area contributed by atoms with E-state index in [-0.39, 0.29) is 5.91 Å². The van der Waals surface area contributed by atoms with Gasteiger partial charge in [-0.05, 0) is 18.6 Å². The van der Waals surface area contributed by atoms with Gasteiger partial charge in [0, 0.05) is 18.7 Å². The minimum atomic E-state index is -0.412. The van der Waals surface area contributed by atoms with Gasteiger partial charge in [-0.2, -0.15) is 0 Å². The fourth-order valence-corrected chi connectivity index (χ4v) is 4.83. The van der Waals surface area contributed by atoms with Crippen LogP contribution in [0.4, 0.5) is 5.69 Å². The Morgan fingerprint density at radius 2 is 1.29 bits per heavy atom. The summed E-state index contributed by atoms with van der Waals surface area (Å²) in [4.78, 5) is 17.1. The van der Waals surface area contributed by atoms with Gasteiger partial charge in [0.1, 0.15) is 6.10 Å². The number of amides is 1. The molecule has 2 rings (SSSR count). The van der Waals surface area contributed by atoms with Crippen molar-refractivity contribution in [1.29, 1.82) is 0 Å². The Kier molecular flexibility index (Phi) is 16.1. The minimum absolute atomic E-state index is 0.0813. The highest BCUT2D eigenvalue weighted by Gasteiger charge is 2.18. The molecule has 0 aliphatic carbocycles. The summed E-state index contributed by atoms with van der Waals surface area (Å²) in [7, 11) is 1.62. The van der Waals surface area contributed by atoms with E-state index in [1.807, 2.05) is 30.3 Å². The molecule has 4 heteroatoms. The Labute approximate surface area is 214 Å². The number of carbonyl (C=O) groups is 1. The maximum atomic E-state index is 12.7. The number of carbonyl (C=O) groups excluding carboxylic acids is 1. The highest BCUT2D eigenvalue weighted by Crippen LogP contribution is 2.22. The molecule has 4 nitrogen and oxygen atoms in total. The average molecular weight is 483 g/mol. The number of methoxy groups -OCH3 is 1. The topological polar surface area (TPSA) is 51.2 Å². The molecule has 0 bridgehead atoms. The lowest BCUT2D eigenvalue weighted by Gasteiger charge is -2.16. The fourth-order valence-electron chi connectivity index (χ4n) is 4.83. The smallest absolute Gasteiger partial charge is 0.253 e. The molecule has 0 saturated heterocycles. The molecule has 35 heavy (non-hydrogen) atoms. The number of hydrogen-bond acceptors (Lipinski definition) is 3. The zero-order chi connectivity index (χ0) is 25.0. The number of unbranched alkanes of at least 4 members (excludes halogenated alkanes) is 16. The Balaban J connectivity index is 1.45. The molecular weight excluding hydrogens is 432 g/mol. The Morgan fingerprint density at radius 1 is 0.771 bits per heavy atom. The summed E-state index contributed by atoms with van der Waals surface area (Å²) in [6, 6.07) is 9.75. The third-order valence-corrected chi connectivity index (χ3v) is 7.04. The zero-order valence-electron chi connectivity index (χ0n) is 22.5. The Hall–Kier alpha value is -1.94. The highest BCUT2D eigenvalue weighted by molar-refractivity contribution is 6.01. The maximum Gasteiger partial charge on any atom is 0.253 e. The molecular formula is C31H50N2O2. The van der Waals surface area contributed by atoms with Crippen molar-refractivity contribution >= 4 is 22.5 Å². The van der Waals surface area contributed by atoms with Gasteiger partial charge >= 0.3 is 0 Å². The van der Waals surface area contributed by atoms with Gasteiger partial charge < -0.3 is 10.1 Å². The molecule has 0 unspecified atom stereocenters. The van der Waals surface area contributed by atoms with Gasteiger partial charge in [-0.1, -0.05) is 134 Å². The average Bonchev–Trinajstić information content (AvgIpc) is 2.88. The number of ether oxygens (including phenoxy) is 1. The fraction of sp³-hybridized carbons (Fsp3) is 0.677. The molecule has 1 heterocycles. The molecule has 0 radical (unpaired) electrons. The lowest BCUT2D eigenvalue weighted by molar-refractivity contribution is -0.126. The lowest BCUT2D eigenvalue weighted by atomic mass is 10.0. The van der Waals surface area contributed by atoms with Crippen molar-refractivity contribution in [2.75, 3.05) is 12.4 Å². The van der Waals surface area contributed by atoms with Crippen LogP contribution in [0, 0.1) is 0 Å². The van der Waals surface area contributed by atoms with Gasteiger partial charge in [-0.25, -0.2) is 0 Å². The molecule has 0 fully saturated rings. The number of pyridine rings is 1. The summed E-state index contributed by atoms with van der Waals surface area (Å²) >= 11 is 0. The predicted octanol–water partition coefficient (Wildman–Crippen LogP) is 9.23. The summed E-state index contributed by atoms with van der Waals surface area (Å²) in [6.07, 6.45) is 25.2. The van der Waals surface area contributed by atoms with Gasteiger partial charge in [0.15, 0.2) is 0 Å². The largest absolute Gasteiger partial charge is 0.372 e. The van der Waals surface area contributed by atoms with Crippen molar-refractivity contribution in [2.24, 2.45) is 0 Å². The first-order valence-corrected chi connectivity index (χ1v) is 14.4. The quantitative estimate of drug-likeness (QED) is 0.180. The molecule has 1 aromatic heterocycles. The Morgan fingerprint density at radius 3 is 1.83 bits per heavy atom. The highest BCUT2D eigenvalue weighted by atomic mass is 16.5. The van der Waals surface area contributed by atoms with Crippen LogP contribution < -0.4 is 5.32 Å². The van der Waals surface area contributed by atoms with E-state index in [2.05, 4.69) is 17.2 Å². The van der Waals surface area contributed by atoms with Crippen LogP contribution >= 0.6 is 0 Å². The van der Waals surface area contributed by atoms with E-state index < -0.39 is 6.10 Å². The van der Waals surface area contributed by atoms with Crippen molar-refractivity contribution < 1.29 is 9.53 Å². The third kappa shape index (κ3) is 12.5. The number of para-hydroxylation sites is 1. The van der Waals surface area contributed by atoms with Crippen LogP contribution in [0.25, 0.3) is 10.9 Å². The van der Waals surface area contributed by atoms with Crippen LogP contribution in [0.2, 0.25) is 0 Å². The lowest BCUT2D eigenvalue weighted by Crippen LogP contribution is -2.29.